The fourth-order valence-electron chi connectivity index (χ4n) is 3.73. The Morgan fingerprint density at radius 1 is 1.42 bits per heavy atom. The molecule has 1 saturated heterocycles. The number of aromatic amines is 1. The number of H-pyrrole nitrogens is 1. The van der Waals surface area contributed by atoms with Gasteiger partial charge in [0.15, 0.2) is 11.4 Å². The van der Waals surface area contributed by atoms with Gasteiger partial charge < -0.3 is 20.3 Å². The number of nitrogens with one attached hydrogen (secondary N) is 1. The molecule has 4 N–H and O–H groups in total. The van der Waals surface area contributed by atoms with Crippen LogP contribution in [0.25, 0.3) is 10.3 Å². The van der Waals surface area contributed by atoms with Crippen molar-refractivity contribution in [2.75, 3.05) is 12.3 Å². The minimum atomic E-state index is -0.791. The number of rotatable bonds is 2. The van der Waals surface area contributed by atoms with E-state index in [4.69, 9.17) is 15.2 Å². The standard InChI is InChI=1S/C14H18N4O5S/c1-14(2)22-7-5(4-19)3-6(8(7)23-14)18-10-9(24-13(18)21)11(20)17-12(15)16-10/h5-8,19H,3-4H2,1-2H3,(H3,15,16,17,20)/t5-,6-,7-,8+/m1/s1. The minimum Gasteiger partial charge on any atom is -0.396 e. The zero-order valence-electron chi connectivity index (χ0n) is 13.2. The van der Waals surface area contributed by atoms with Crippen molar-refractivity contribution in [3.63, 3.8) is 0 Å². The minimum absolute atomic E-state index is 0.0452. The first-order valence-electron chi connectivity index (χ1n) is 7.68. The van der Waals surface area contributed by atoms with Crippen LogP contribution < -0.4 is 16.2 Å². The molecule has 130 valence electrons. The van der Waals surface area contributed by atoms with Gasteiger partial charge in [-0.05, 0) is 20.3 Å². The van der Waals surface area contributed by atoms with Gasteiger partial charge in [-0.2, -0.15) is 4.98 Å². The van der Waals surface area contributed by atoms with Crippen molar-refractivity contribution in [3.8, 4) is 0 Å². The lowest BCUT2D eigenvalue weighted by atomic mass is 10.1. The Morgan fingerprint density at radius 2 is 2.12 bits per heavy atom. The van der Waals surface area contributed by atoms with E-state index in [1.807, 2.05) is 0 Å². The molecule has 0 spiro atoms. The Morgan fingerprint density at radius 3 is 2.83 bits per heavy atom. The van der Waals surface area contributed by atoms with E-state index in [-0.39, 0.29) is 45.8 Å². The molecule has 24 heavy (non-hydrogen) atoms. The summed E-state index contributed by atoms with van der Waals surface area (Å²) >= 11 is 0.831. The second-order valence-corrected chi connectivity index (χ2v) is 7.61. The third-order valence-electron chi connectivity index (χ3n) is 4.61. The molecule has 0 aromatic carbocycles. The number of ether oxygens (including phenoxy) is 2. The highest BCUT2D eigenvalue weighted by Gasteiger charge is 2.55. The van der Waals surface area contributed by atoms with Gasteiger partial charge in [-0.1, -0.05) is 11.3 Å². The first kappa shape index (κ1) is 15.8. The lowest BCUT2D eigenvalue weighted by Gasteiger charge is -2.23. The van der Waals surface area contributed by atoms with E-state index < -0.39 is 17.5 Å². The molecule has 3 heterocycles. The highest BCUT2D eigenvalue weighted by atomic mass is 32.1. The van der Waals surface area contributed by atoms with Crippen molar-refractivity contribution < 1.29 is 14.6 Å². The quantitative estimate of drug-likeness (QED) is 0.680. The van der Waals surface area contributed by atoms with Crippen molar-refractivity contribution in [2.24, 2.45) is 5.92 Å². The van der Waals surface area contributed by atoms with E-state index in [9.17, 15) is 14.7 Å². The first-order chi connectivity index (χ1) is 11.3. The molecule has 4 rings (SSSR count). The van der Waals surface area contributed by atoms with Crippen molar-refractivity contribution in [3.05, 3.63) is 20.0 Å². The topological polar surface area (TPSA) is 132 Å². The normalized spacial score (nSPS) is 31.6. The van der Waals surface area contributed by atoms with Gasteiger partial charge in [-0.3, -0.25) is 19.1 Å². The van der Waals surface area contributed by atoms with E-state index in [2.05, 4.69) is 9.97 Å². The van der Waals surface area contributed by atoms with E-state index in [0.29, 0.717) is 6.42 Å². The van der Waals surface area contributed by atoms with Crippen LogP contribution in [-0.4, -0.2) is 44.2 Å². The average molecular weight is 354 g/mol. The number of aliphatic hydroxyl groups excluding tert-OH is 1. The van der Waals surface area contributed by atoms with E-state index in [1.165, 1.54) is 4.57 Å². The van der Waals surface area contributed by atoms with Crippen LogP contribution in [0.2, 0.25) is 0 Å². The molecule has 2 fully saturated rings. The number of anilines is 1. The van der Waals surface area contributed by atoms with Gasteiger partial charge in [-0.25, -0.2) is 0 Å². The number of fused-ring (bicyclic) bond motifs is 2. The fourth-order valence-corrected chi connectivity index (χ4v) is 4.60. The molecule has 0 radical (unpaired) electrons. The third kappa shape index (κ3) is 2.21. The van der Waals surface area contributed by atoms with Crippen LogP contribution in [0.5, 0.6) is 0 Å². The number of hydrogen-bond donors (Lipinski definition) is 3. The van der Waals surface area contributed by atoms with E-state index in [1.54, 1.807) is 13.8 Å². The maximum atomic E-state index is 12.5. The molecule has 0 bridgehead atoms. The molecule has 1 aliphatic heterocycles. The number of nitrogens with two attached hydrogens (primary N) is 1. The highest BCUT2D eigenvalue weighted by molar-refractivity contribution is 7.16. The van der Waals surface area contributed by atoms with Gasteiger partial charge in [0.25, 0.3) is 5.56 Å². The first-order valence-corrected chi connectivity index (χ1v) is 8.49. The maximum Gasteiger partial charge on any atom is 0.309 e. The van der Waals surface area contributed by atoms with E-state index in [0.717, 1.165) is 11.3 Å². The Hall–Kier alpha value is -1.75. The van der Waals surface area contributed by atoms with Crippen LogP contribution in [0.15, 0.2) is 9.59 Å². The Balaban J connectivity index is 1.87. The summed E-state index contributed by atoms with van der Waals surface area (Å²) in [5.41, 5.74) is 5.45. The lowest BCUT2D eigenvalue weighted by Crippen LogP contribution is -2.31. The van der Waals surface area contributed by atoms with E-state index >= 15 is 0 Å². The number of nitrogens with zero attached hydrogens (tertiary/aromatic N) is 2. The molecule has 0 unspecified atom stereocenters. The molecule has 4 atom stereocenters. The number of hydrogen-bond acceptors (Lipinski definition) is 8. The highest BCUT2D eigenvalue weighted by Crippen LogP contribution is 2.47. The summed E-state index contributed by atoms with van der Waals surface area (Å²) in [6.07, 6.45) is -0.201. The molecule has 2 aromatic rings. The fraction of sp³-hybridized carbons (Fsp3) is 0.643. The van der Waals surface area contributed by atoms with Crippen LogP contribution in [0, 0.1) is 5.92 Å². The molecular weight excluding hydrogens is 336 g/mol. The molecular formula is C14H18N4O5S. The SMILES string of the molecule is CC1(C)O[C@@H]2[C@@H](CO)C[C@@H](n3c(=O)sc4c(=O)[nH]c(N)nc43)[C@@H]2O1. The molecule has 9 nitrogen and oxygen atoms in total. The van der Waals surface area contributed by atoms with Crippen LogP contribution in [0.4, 0.5) is 5.95 Å². The number of aliphatic hydroxyl groups is 1. The van der Waals surface area contributed by atoms with Gasteiger partial charge in [0.1, 0.15) is 10.8 Å². The predicted octanol–water partition coefficient (Wildman–Crippen LogP) is -0.198. The Bertz CT molecular complexity index is 916. The Kier molecular flexibility index (Phi) is 3.36. The number of aromatic nitrogens is 3. The number of nitrogen functional groups attached to an aromatic ring is 1. The zero-order valence-corrected chi connectivity index (χ0v) is 14.0. The summed E-state index contributed by atoms with van der Waals surface area (Å²) in [6.45, 7) is 3.53. The van der Waals surface area contributed by atoms with Gasteiger partial charge in [0.05, 0.1) is 12.1 Å². The smallest absolute Gasteiger partial charge is 0.309 e. The van der Waals surface area contributed by atoms with Crippen LogP contribution in [0.1, 0.15) is 26.3 Å². The summed E-state index contributed by atoms with van der Waals surface area (Å²) in [5, 5.41) is 9.66. The molecule has 10 heteroatoms. The summed E-state index contributed by atoms with van der Waals surface area (Å²) in [5.74, 6) is -0.986. The molecule has 2 aromatic heterocycles. The largest absolute Gasteiger partial charge is 0.396 e. The maximum absolute atomic E-state index is 12.5. The Labute approximate surface area is 140 Å². The summed E-state index contributed by atoms with van der Waals surface area (Å²) < 4.78 is 13.6. The van der Waals surface area contributed by atoms with Gasteiger partial charge in [-0.15, -0.1) is 0 Å². The van der Waals surface area contributed by atoms with Gasteiger partial charge in [0, 0.05) is 12.5 Å². The predicted molar refractivity (Wildman–Crippen MR) is 87.0 cm³/mol. The van der Waals surface area contributed by atoms with Crippen LogP contribution in [0.3, 0.4) is 0 Å². The van der Waals surface area contributed by atoms with Crippen molar-refractivity contribution in [1.82, 2.24) is 14.5 Å². The molecule has 1 saturated carbocycles. The summed E-state index contributed by atoms with van der Waals surface area (Å²) in [6, 6.07) is -0.371. The van der Waals surface area contributed by atoms with Crippen LogP contribution >= 0.6 is 11.3 Å². The van der Waals surface area contributed by atoms with Gasteiger partial charge >= 0.3 is 4.87 Å². The van der Waals surface area contributed by atoms with Crippen molar-refractivity contribution >= 4 is 27.6 Å². The van der Waals surface area contributed by atoms with Crippen molar-refractivity contribution in [2.45, 2.75) is 44.3 Å². The molecule has 0 amide bonds. The molecule has 2 aliphatic rings. The lowest BCUT2D eigenvalue weighted by molar-refractivity contribution is -0.161. The zero-order chi connectivity index (χ0) is 17.2. The second kappa shape index (κ2) is 5.12. The van der Waals surface area contributed by atoms with Crippen LogP contribution in [-0.2, 0) is 9.47 Å². The van der Waals surface area contributed by atoms with Gasteiger partial charge in [0.2, 0.25) is 5.95 Å². The molecule has 1 aliphatic carbocycles. The monoisotopic (exact) mass is 354 g/mol. The summed E-state index contributed by atoms with van der Waals surface area (Å²) in [4.78, 5) is 30.8. The average Bonchev–Trinajstić information content (AvgIpc) is 3.07. The van der Waals surface area contributed by atoms with Crippen molar-refractivity contribution in [1.29, 1.82) is 0 Å². The summed E-state index contributed by atoms with van der Waals surface area (Å²) in [7, 11) is 0. The third-order valence-corrected chi connectivity index (χ3v) is 5.55. The number of thiazole rings is 1. The second-order valence-electron chi connectivity index (χ2n) is 6.65.